The largest absolute Gasteiger partial charge is 0.573 e. The van der Waals surface area contributed by atoms with Gasteiger partial charge in [-0.2, -0.15) is 15.2 Å². The quantitative estimate of drug-likeness (QED) is 0.274. The van der Waals surface area contributed by atoms with Crippen molar-refractivity contribution in [3.05, 3.63) is 77.4 Å². The molecule has 0 bridgehead atoms. The van der Waals surface area contributed by atoms with Crippen LogP contribution in [0.1, 0.15) is 22.5 Å². The summed E-state index contributed by atoms with van der Waals surface area (Å²) in [5.41, 5.74) is 5.07. The van der Waals surface area contributed by atoms with Gasteiger partial charge in [0.05, 0.1) is 12.7 Å². The number of nitrogens with zero attached hydrogens (tertiary/aromatic N) is 8. The summed E-state index contributed by atoms with van der Waals surface area (Å²) in [6, 6.07) is 11.0. The number of rotatable bonds is 8. The molecule has 0 saturated heterocycles. The molecule has 4 heterocycles. The van der Waals surface area contributed by atoms with Gasteiger partial charge < -0.3 is 14.2 Å². The van der Waals surface area contributed by atoms with Crippen LogP contribution in [0.25, 0.3) is 23.0 Å². The second-order valence-corrected chi connectivity index (χ2v) is 9.08. The Balaban J connectivity index is 1.25. The maximum Gasteiger partial charge on any atom is 0.573 e. The molecule has 39 heavy (non-hydrogen) atoms. The fourth-order valence-corrected chi connectivity index (χ4v) is 3.97. The minimum atomic E-state index is -4.76. The van der Waals surface area contributed by atoms with E-state index in [4.69, 9.17) is 4.52 Å². The van der Waals surface area contributed by atoms with Crippen molar-refractivity contribution in [2.24, 2.45) is 7.05 Å². The lowest BCUT2D eigenvalue weighted by Crippen LogP contribution is -2.18. The lowest BCUT2D eigenvalue weighted by molar-refractivity contribution is -0.274. The highest BCUT2D eigenvalue weighted by atomic mass is 19.4. The molecule has 0 amide bonds. The molecular formula is C26H25F3N8O2. The van der Waals surface area contributed by atoms with Gasteiger partial charge in [-0.15, -0.1) is 13.2 Å². The molecule has 0 unspecified atom stereocenters. The number of halogens is 3. The Kier molecular flexibility index (Phi) is 6.81. The zero-order valence-corrected chi connectivity index (χ0v) is 21.6. The second kappa shape index (κ2) is 10.2. The average Bonchev–Trinajstić information content (AvgIpc) is 3.60. The molecule has 0 radical (unpaired) electrons. The van der Waals surface area contributed by atoms with Crippen LogP contribution in [0, 0.1) is 13.8 Å². The molecule has 202 valence electrons. The Morgan fingerprint density at radius 3 is 2.46 bits per heavy atom. The van der Waals surface area contributed by atoms with Crippen LogP contribution in [-0.4, -0.2) is 48.1 Å². The summed E-state index contributed by atoms with van der Waals surface area (Å²) in [5, 5.41) is 12.8. The summed E-state index contributed by atoms with van der Waals surface area (Å²) < 4.78 is 50.1. The van der Waals surface area contributed by atoms with Crippen molar-refractivity contribution in [2.45, 2.75) is 33.3 Å². The number of pyridine rings is 1. The normalized spacial score (nSPS) is 11.7. The van der Waals surface area contributed by atoms with Gasteiger partial charge in [0.1, 0.15) is 11.6 Å². The standard InChI is InChI=1S/C26H25F3N8O2/c1-16-11-22(25-32-24(34-39-25)19-6-8-21(9-7-19)38-26(27,28)29)33-37(16)14-18-5-10-23(30-12-18)35(3)15-20-13-31-36(4)17(20)2/h5-13H,14-15H2,1-4H3. The van der Waals surface area contributed by atoms with Gasteiger partial charge in [0, 0.05) is 49.4 Å². The molecule has 5 rings (SSSR count). The minimum absolute atomic E-state index is 0.197. The topological polar surface area (TPSA) is 99.9 Å². The van der Waals surface area contributed by atoms with Gasteiger partial charge in [0.25, 0.3) is 5.89 Å². The fourth-order valence-electron chi connectivity index (χ4n) is 3.97. The number of ether oxygens (including phenoxy) is 1. The van der Waals surface area contributed by atoms with Gasteiger partial charge in [-0.25, -0.2) is 4.98 Å². The van der Waals surface area contributed by atoms with Gasteiger partial charge in [-0.3, -0.25) is 9.36 Å². The highest BCUT2D eigenvalue weighted by Crippen LogP contribution is 2.27. The Bertz CT molecular complexity index is 1570. The zero-order chi connectivity index (χ0) is 27.7. The van der Waals surface area contributed by atoms with Crippen molar-refractivity contribution in [3.8, 4) is 28.7 Å². The van der Waals surface area contributed by atoms with Crippen LogP contribution in [0.3, 0.4) is 0 Å². The summed E-state index contributed by atoms with van der Waals surface area (Å²) in [4.78, 5) is 11.0. The van der Waals surface area contributed by atoms with E-state index in [1.165, 1.54) is 24.3 Å². The first-order valence-electron chi connectivity index (χ1n) is 11.9. The van der Waals surface area contributed by atoms with Crippen LogP contribution in [0.5, 0.6) is 5.75 Å². The number of hydrogen-bond donors (Lipinski definition) is 0. The molecule has 0 spiro atoms. The van der Waals surface area contributed by atoms with E-state index in [9.17, 15) is 13.2 Å². The SMILES string of the molecule is Cc1c(CN(C)c2ccc(Cn3nc(-c4nc(-c5ccc(OC(F)(F)F)cc5)no4)cc3C)cn2)cnn1C. The van der Waals surface area contributed by atoms with Crippen molar-refractivity contribution in [1.82, 2.24) is 34.7 Å². The number of hydrogen-bond acceptors (Lipinski definition) is 8. The van der Waals surface area contributed by atoms with Gasteiger partial charge in [0.15, 0.2) is 5.69 Å². The zero-order valence-electron chi connectivity index (χ0n) is 21.6. The molecule has 5 aromatic rings. The van der Waals surface area contributed by atoms with E-state index in [1.807, 2.05) is 67.9 Å². The lowest BCUT2D eigenvalue weighted by atomic mass is 10.2. The third-order valence-electron chi connectivity index (χ3n) is 6.25. The van der Waals surface area contributed by atoms with E-state index in [0.29, 0.717) is 24.3 Å². The molecule has 0 atom stereocenters. The van der Waals surface area contributed by atoms with E-state index in [0.717, 1.165) is 28.3 Å². The van der Waals surface area contributed by atoms with Crippen LogP contribution in [0.4, 0.5) is 19.0 Å². The maximum atomic E-state index is 12.4. The van der Waals surface area contributed by atoms with Gasteiger partial charge in [0.2, 0.25) is 5.82 Å². The Morgan fingerprint density at radius 2 is 1.82 bits per heavy atom. The van der Waals surface area contributed by atoms with Crippen LogP contribution in [0.15, 0.2) is 59.4 Å². The van der Waals surface area contributed by atoms with Gasteiger partial charge >= 0.3 is 6.36 Å². The van der Waals surface area contributed by atoms with E-state index in [-0.39, 0.29) is 17.5 Å². The molecule has 1 aromatic carbocycles. The third kappa shape index (κ3) is 5.92. The number of aryl methyl sites for hydroxylation is 2. The molecule has 0 N–H and O–H groups in total. The van der Waals surface area contributed by atoms with E-state index < -0.39 is 6.36 Å². The van der Waals surface area contributed by atoms with Crippen LogP contribution in [-0.2, 0) is 20.1 Å². The molecule has 10 nitrogen and oxygen atoms in total. The smallest absolute Gasteiger partial charge is 0.406 e. The first-order valence-corrected chi connectivity index (χ1v) is 11.9. The van der Waals surface area contributed by atoms with E-state index in [1.54, 1.807) is 0 Å². The Hall–Kier alpha value is -4.68. The van der Waals surface area contributed by atoms with E-state index >= 15 is 0 Å². The van der Waals surface area contributed by atoms with Crippen LogP contribution >= 0.6 is 0 Å². The summed E-state index contributed by atoms with van der Waals surface area (Å²) >= 11 is 0. The number of aromatic nitrogens is 7. The first kappa shape index (κ1) is 25.9. The molecule has 0 fully saturated rings. The summed E-state index contributed by atoms with van der Waals surface area (Å²) in [6.45, 7) is 5.15. The summed E-state index contributed by atoms with van der Waals surface area (Å²) in [6.07, 6.45) is -1.07. The highest BCUT2D eigenvalue weighted by molar-refractivity contribution is 5.59. The summed E-state index contributed by atoms with van der Waals surface area (Å²) in [7, 11) is 3.91. The first-order chi connectivity index (χ1) is 18.6. The number of alkyl halides is 3. The molecule has 0 aliphatic heterocycles. The fraction of sp³-hybridized carbons (Fsp3) is 0.269. The molecule has 0 aliphatic carbocycles. The Labute approximate surface area is 221 Å². The molecule has 0 saturated carbocycles. The monoisotopic (exact) mass is 538 g/mol. The van der Waals surface area contributed by atoms with Crippen LogP contribution in [0.2, 0.25) is 0 Å². The highest BCUT2D eigenvalue weighted by Gasteiger charge is 2.31. The average molecular weight is 539 g/mol. The maximum absolute atomic E-state index is 12.4. The van der Waals surface area contributed by atoms with Crippen molar-refractivity contribution in [2.75, 3.05) is 11.9 Å². The van der Waals surface area contributed by atoms with Gasteiger partial charge in [-0.1, -0.05) is 11.2 Å². The molecule has 4 aromatic heterocycles. The molecular weight excluding hydrogens is 513 g/mol. The summed E-state index contributed by atoms with van der Waals surface area (Å²) in [5.74, 6) is 0.933. The second-order valence-electron chi connectivity index (χ2n) is 9.08. The van der Waals surface area contributed by atoms with Crippen LogP contribution < -0.4 is 9.64 Å². The Morgan fingerprint density at radius 1 is 1.05 bits per heavy atom. The predicted molar refractivity (Wildman–Crippen MR) is 136 cm³/mol. The van der Waals surface area contributed by atoms with Crippen molar-refractivity contribution in [3.63, 3.8) is 0 Å². The predicted octanol–water partition coefficient (Wildman–Crippen LogP) is 4.93. The van der Waals surface area contributed by atoms with Crippen molar-refractivity contribution < 1.29 is 22.4 Å². The third-order valence-corrected chi connectivity index (χ3v) is 6.25. The van der Waals surface area contributed by atoms with Crippen molar-refractivity contribution in [1.29, 1.82) is 0 Å². The lowest BCUT2D eigenvalue weighted by Gasteiger charge is -2.18. The minimum Gasteiger partial charge on any atom is -0.406 e. The van der Waals surface area contributed by atoms with Crippen molar-refractivity contribution >= 4 is 5.82 Å². The molecule has 13 heteroatoms. The number of benzene rings is 1. The molecule has 0 aliphatic rings. The number of anilines is 1. The van der Waals surface area contributed by atoms with E-state index in [2.05, 4.69) is 35.0 Å². The van der Waals surface area contributed by atoms with Gasteiger partial charge in [-0.05, 0) is 55.8 Å².